The summed E-state index contributed by atoms with van der Waals surface area (Å²) in [5, 5.41) is 7.64. The highest BCUT2D eigenvalue weighted by Crippen LogP contribution is 2.61. The third-order valence-corrected chi connectivity index (χ3v) is 6.92. The lowest BCUT2D eigenvalue weighted by atomic mass is 10.2. The molecule has 0 unspecified atom stereocenters. The Labute approximate surface area is 135 Å². The molecule has 0 spiro atoms. The first-order valence-corrected chi connectivity index (χ1v) is 9.39. The zero-order valence-electron chi connectivity index (χ0n) is 12.5. The number of hydrogen-bond acceptors (Lipinski definition) is 2. The molecule has 2 atom stereocenters. The molecule has 0 fully saturated rings. The molecular formula is C19H17N2OP. The van der Waals surface area contributed by atoms with Gasteiger partial charge in [-0.2, -0.15) is 0 Å². The Morgan fingerprint density at radius 1 is 0.696 bits per heavy atom. The zero-order chi connectivity index (χ0) is 15.7. The average Bonchev–Trinajstić information content (AvgIpc) is 2.62. The Hall–Kier alpha value is -2.51. The van der Waals surface area contributed by atoms with Crippen LogP contribution in [0.1, 0.15) is 11.3 Å². The molecule has 23 heavy (non-hydrogen) atoms. The smallest absolute Gasteiger partial charge is 0.224 e. The average molecular weight is 320 g/mol. The molecule has 2 N–H and O–H groups in total. The van der Waals surface area contributed by atoms with Crippen LogP contribution >= 0.6 is 7.29 Å². The molecule has 4 heteroatoms. The van der Waals surface area contributed by atoms with Crippen molar-refractivity contribution in [3.63, 3.8) is 0 Å². The quantitative estimate of drug-likeness (QED) is 0.665. The van der Waals surface area contributed by atoms with Gasteiger partial charge in [-0.05, 0) is 29.8 Å². The molecule has 0 saturated carbocycles. The largest absolute Gasteiger partial charge is 0.368 e. The van der Waals surface area contributed by atoms with Crippen molar-refractivity contribution in [3.8, 4) is 0 Å². The number of benzene rings is 3. The number of hydrogen-bond donors (Lipinski definition) is 2. The van der Waals surface area contributed by atoms with Gasteiger partial charge in [-0.1, -0.05) is 60.7 Å². The normalized spacial score (nSPS) is 22.5. The van der Waals surface area contributed by atoms with E-state index >= 15 is 0 Å². The van der Waals surface area contributed by atoms with Crippen LogP contribution in [-0.2, 0) is 4.57 Å². The highest BCUT2D eigenvalue weighted by atomic mass is 31.2. The maximum absolute atomic E-state index is 14.0. The molecule has 0 bridgehead atoms. The van der Waals surface area contributed by atoms with Crippen molar-refractivity contribution in [1.82, 2.24) is 0 Å². The fraction of sp³-hybridized carbons (Fsp3) is 0.0526. The van der Waals surface area contributed by atoms with Crippen molar-refractivity contribution in [3.05, 3.63) is 90.5 Å². The van der Waals surface area contributed by atoms with E-state index in [1.165, 1.54) is 0 Å². The Morgan fingerprint density at radius 2 is 1.26 bits per heavy atom. The lowest BCUT2D eigenvalue weighted by Gasteiger charge is -2.36. The van der Waals surface area contributed by atoms with Gasteiger partial charge in [0.2, 0.25) is 7.29 Å². The van der Waals surface area contributed by atoms with Crippen molar-refractivity contribution < 1.29 is 4.57 Å². The summed E-state index contributed by atoms with van der Waals surface area (Å²) >= 11 is 0. The predicted molar refractivity (Wildman–Crippen MR) is 96.6 cm³/mol. The van der Waals surface area contributed by atoms with Crippen LogP contribution in [0.4, 0.5) is 11.4 Å². The standard InChI is InChI=1S/C19H17N2OP/c22-23(16-11-5-2-6-12-16)19(15-9-3-1-4-10-15)20-17-13-7-8-14-18(17)21-23/h1-14,19-20H,(H,21,22)/t19-,23+/m1/s1. The monoisotopic (exact) mass is 320 g/mol. The van der Waals surface area contributed by atoms with Crippen molar-refractivity contribution in [1.29, 1.82) is 0 Å². The maximum Gasteiger partial charge on any atom is 0.224 e. The summed E-state index contributed by atoms with van der Waals surface area (Å²) in [6.07, 6.45) is 0. The predicted octanol–water partition coefficient (Wildman–Crippen LogP) is 4.83. The van der Waals surface area contributed by atoms with Gasteiger partial charge in [-0.15, -0.1) is 0 Å². The first-order chi connectivity index (χ1) is 11.3. The highest BCUT2D eigenvalue weighted by molar-refractivity contribution is 7.73. The number of rotatable bonds is 2. The van der Waals surface area contributed by atoms with E-state index < -0.39 is 7.29 Å². The van der Waals surface area contributed by atoms with Crippen LogP contribution in [0.2, 0.25) is 0 Å². The first-order valence-electron chi connectivity index (χ1n) is 7.61. The summed E-state index contributed by atoms with van der Waals surface area (Å²) in [5.41, 5.74) is 2.87. The zero-order valence-corrected chi connectivity index (χ0v) is 13.4. The van der Waals surface area contributed by atoms with Crippen molar-refractivity contribution in [2.45, 2.75) is 5.78 Å². The van der Waals surface area contributed by atoms with E-state index in [0.29, 0.717) is 0 Å². The fourth-order valence-corrected chi connectivity index (χ4v) is 5.62. The number of para-hydroxylation sites is 2. The number of anilines is 2. The van der Waals surface area contributed by atoms with Crippen molar-refractivity contribution in [2.24, 2.45) is 0 Å². The molecule has 0 aliphatic carbocycles. The van der Waals surface area contributed by atoms with Gasteiger partial charge in [-0.3, -0.25) is 4.57 Å². The SMILES string of the molecule is O=[P@]1(c2ccccc2)Nc2ccccc2N[C@H]1c1ccccc1. The van der Waals surface area contributed by atoms with E-state index in [4.69, 9.17) is 0 Å². The topological polar surface area (TPSA) is 41.1 Å². The van der Waals surface area contributed by atoms with Crippen LogP contribution in [0.5, 0.6) is 0 Å². The Balaban J connectivity index is 1.89. The van der Waals surface area contributed by atoms with Gasteiger partial charge in [0.15, 0.2) is 0 Å². The minimum Gasteiger partial charge on any atom is -0.368 e. The molecule has 1 aliphatic heterocycles. The minimum absolute atomic E-state index is 0.291. The molecule has 114 valence electrons. The molecule has 3 aromatic rings. The minimum atomic E-state index is -2.89. The highest BCUT2D eigenvalue weighted by Gasteiger charge is 2.40. The van der Waals surface area contributed by atoms with E-state index in [0.717, 1.165) is 22.2 Å². The van der Waals surface area contributed by atoms with Crippen LogP contribution in [0.15, 0.2) is 84.9 Å². The molecule has 0 saturated heterocycles. The van der Waals surface area contributed by atoms with E-state index in [1.807, 2.05) is 84.9 Å². The van der Waals surface area contributed by atoms with Crippen molar-refractivity contribution in [2.75, 3.05) is 10.4 Å². The molecule has 4 rings (SSSR count). The summed E-state index contributed by atoms with van der Waals surface area (Å²) in [4.78, 5) is 0. The first kappa shape index (κ1) is 14.1. The molecule has 3 aromatic carbocycles. The van der Waals surface area contributed by atoms with Gasteiger partial charge in [0, 0.05) is 5.30 Å². The van der Waals surface area contributed by atoms with Crippen LogP contribution < -0.4 is 15.7 Å². The molecule has 0 amide bonds. The van der Waals surface area contributed by atoms with Gasteiger partial charge >= 0.3 is 0 Å². The maximum atomic E-state index is 14.0. The molecule has 0 radical (unpaired) electrons. The second-order valence-corrected chi connectivity index (χ2v) is 8.18. The fourth-order valence-electron chi connectivity index (χ4n) is 2.98. The Bertz CT molecular complexity index is 865. The van der Waals surface area contributed by atoms with Crippen LogP contribution in [0, 0.1) is 0 Å². The van der Waals surface area contributed by atoms with Gasteiger partial charge in [0.25, 0.3) is 0 Å². The molecule has 3 nitrogen and oxygen atoms in total. The van der Waals surface area contributed by atoms with E-state index in [1.54, 1.807) is 0 Å². The number of nitrogens with one attached hydrogen (secondary N) is 2. The van der Waals surface area contributed by atoms with E-state index in [9.17, 15) is 4.57 Å². The van der Waals surface area contributed by atoms with Crippen LogP contribution in [0.25, 0.3) is 0 Å². The van der Waals surface area contributed by atoms with Gasteiger partial charge in [0.05, 0.1) is 11.4 Å². The van der Waals surface area contributed by atoms with Gasteiger partial charge < -0.3 is 10.4 Å². The van der Waals surface area contributed by atoms with Crippen molar-refractivity contribution >= 4 is 24.0 Å². The molecule has 0 aromatic heterocycles. The third-order valence-electron chi connectivity index (χ3n) is 4.12. The Morgan fingerprint density at radius 3 is 1.96 bits per heavy atom. The number of fused-ring (bicyclic) bond motifs is 1. The molecule has 1 heterocycles. The summed E-state index contributed by atoms with van der Waals surface area (Å²) in [6.45, 7) is 0. The summed E-state index contributed by atoms with van der Waals surface area (Å²) in [5.74, 6) is -0.291. The Kier molecular flexibility index (Phi) is 3.44. The van der Waals surface area contributed by atoms with Crippen LogP contribution in [0.3, 0.4) is 0 Å². The van der Waals surface area contributed by atoms with E-state index in [-0.39, 0.29) is 5.78 Å². The lowest BCUT2D eigenvalue weighted by molar-refractivity contribution is 0.578. The lowest BCUT2D eigenvalue weighted by Crippen LogP contribution is -2.27. The second-order valence-electron chi connectivity index (χ2n) is 5.61. The van der Waals surface area contributed by atoms with Crippen LogP contribution in [-0.4, -0.2) is 0 Å². The molecular weight excluding hydrogens is 303 g/mol. The van der Waals surface area contributed by atoms with Gasteiger partial charge in [-0.25, -0.2) is 0 Å². The second kappa shape index (κ2) is 5.60. The van der Waals surface area contributed by atoms with E-state index in [2.05, 4.69) is 10.4 Å². The van der Waals surface area contributed by atoms with Gasteiger partial charge in [0.1, 0.15) is 5.78 Å². The summed E-state index contributed by atoms with van der Waals surface area (Å²) in [7, 11) is -2.89. The third kappa shape index (κ3) is 2.43. The molecule has 1 aliphatic rings. The summed E-state index contributed by atoms with van der Waals surface area (Å²) in [6, 6.07) is 27.5. The summed E-state index contributed by atoms with van der Waals surface area (Å²) < 4.78 is 14.0.